The number of Topliss-reactive ketones (excluding diaryl/α,β-unsaturated/α-hetero) is 1. The van der Waals surface area contributed by atoms with Crippen LogP contribution in [0.1, 0.15) is 40.3 Å². The van der Waals surface area contributed by atoms with Crippen LogP contribution in [0, 0.1) is 0 Å². The molecule has 0 aliphatic heterocycles. The number of anilines is 1. The molecule has 1 aromatic heterocycles. The Kier molecular flexibility index (Phi) is 7.30. The highest BCUT2D eigenvalue weighted by molar-refractivity contribution is 5.98. The molecule has 0 radical (unpaired) electrons. The molecule has 154 valence electrons. The zero-order valence-corrected chi connectivity index (χ0v) is 17.0. The maximum absolute atomic E-state index is 12.2. The molecule has 1 aromatic carbocycles. The Balaban J connectivity index is 1.88. The highest BCUT2D eigenvalue weighted by Crippen LogP contribution is 2.15. The van der Waals surface area contributed by atoms with E-state index < -0.39 is 18.5 Å². The summed E-state index contributed by atoms with van der Waals surface area (Å²) in [5.41, 5.74) is 2.25. The van der Waals surface area contributed by atoms with E-state index in [-0.39, 0.29) is 23.9 Å². The van der Waals surface area contributed by atoms with Crippen molar-refractivity contribution in [2.45, 2.75) is 20.3 Å². The second kappa shape index (κ2) is 9.68. The average molecular weight is 399 g/mol. The lowest BCUT2D eigenvalue weighted by atomic mass is 10.1. The summed E-state index contributed by atoms with van der Waals surface area (Å²) in [4.78, 5) is 49.2. The zero-order valence-electron chi connectivity index (χ0n) is 17.0. The predicted octanol–water partition coefficient (Wildman–Crippen LogP) is 2.04. The van der Waals surface area contributed by atoms with Gasteiger partial charge in [0.05, 0.1) is 6.54 Å². The third-order valence-corrected chi connectivity index (χ3v) is 4.43. The van der Waals surface area contributed by atoms with Gasteiger partial charge in [-0.05, 0) is 31.0 Å². The molecule has 0 aliphatic rings. The Bertz CT molecular complexity index is 932. The number of benzene rings is 1. The number of para-hydroxylation sites is 1. The van der Waals surface area contributed by atoms with Crippen molar-refractivity contribution in [2.75, 3.05) is 25.5 Å². The molecule has 0 saturated carbocycles. The van der Waals surface area contributed by atoms with Crippen LogP contribution in [-0.2, 0) is 27.8 Å². The van der Waals surface area contributed by atoms with Crippen molar-refractivity contribution in [1.82, 2.24) is 9.47 Å². The number of hydrogen-bond donors (Lipinski definition) is 1. The molecule has 2 amide bonds. The van der Waals surface area contributed by atoms with Crippen LogP contribution in [0.3, 0.4) is 0 Å². The molecule has 0 bridgehead atoms. The molecule has 0 unspecified atom stereocenters. The van der Waals surface area contributed by atoms with E-state index in [9.17, 15) is 19.2 Å². The van der Waals surface area contributed by atoms with Gasteiger partial charge in [-0.25, -0.2) is 4.79 Å². The number of carbonyl (C=O) groups is 4. The van der Waals surface area contributed by atoms with Crippen LogP contribution >= 0.6 is 0 Å². The molecule has 8 heteroatoms. The fourth-order valence-electron chi connectivity index (χ4n) is 2.72. The number of ether oxygens (including phenoxy) is 1. The minimum absolute atomic E-state index is 0.166. The zero-order chi connectivity index (χ0) is 21.6. The molecular formula is C21H25N3O5. The lowest BCUT2D eigenvalue weighted by Crippen LogP contribution is -2.37. The van der Waals surface area contributed by atoms with Crippen LogP contribution in [0.5, 0.6) is 0 Å². The molecular weight excluding hydrogens is 374 g/mol. The van der Waals surface area contributed by atoms with Crippen molar-refractivity contribution in [2.24, 2.45) is 7.05 Å². The van der Waals surface area contributed by atoms with E-state index >= 15 is 0 Å². The van der Waals surface area contributed by atoms with Gasteiger partial charge >= 0.3 is 5.97 Å². The first-order valence-corrected chi connectivity index (χ1v) is 9.19. The Morgan fingerprint density at radius 3 is 2.48 bits per heavy atom. The van der Waals surface area contributed by atoms with Crippen molar-refractivity contribution in [3.8, 4) is 0 Å². The summed E-state index contributed by atoms with van der Waals surface area (Å²) >= 11 is 0. The predicted molar refractivity (Wildman–Crippen MR) is 108 cm³/mol. The summed E-state index contributed by atoms with van der Waals surface area (Å²) < 4.78 is 6.49. The van der Waals surface area contributed by atoms with Crippen LogP contribution < -0.4 is 5.32 Å². The highest BCUT2D eigenvalue weighted by Gasteiger charge is 2.19. The molecule has 2 rings (SSSR count). The van der Waals surface area contributed by atoms with Gasteiger partial charge in [0.25, 0.3) is 5.91 Å². The van der Waals surface area contributed by atoms with E-state index in [1.54, 1.807) is 13.1 Å². The van der Waals surface area contributed by atoms with E-state index in [0.717, 1.165) is 12.0 Å². The number of amides is 2. The van der Waals surface area contributed by atoms with Gasteiger partial charge in [0, 0.05) is 31.5 Å². The van der Waals surface area contributed by atoms with Crippen LogP contribution in [0.15, 0.2) is 36.5 Å². The molecule has 1 N–H and O–H groups in total. The number of carbonyl (C=O) groups excluding carboxylic acids is 4. The van der Waals surface area contributed by atoms with E-state index in [2.05, 4.69) is 5.32 Å². The normalized spacial score (nSPS) is 10.3. The van der Waals surface area contributed by atoms with Crippen LogP contribution in [-0.4, -0.2) is 53.2 Å². The van der Waals surface area contributed by atoms with Crippen molar-refractivity contribution in [1.29, 1.82) is 0 Å². The first kappa shape index (κ1) is 21.9. The van der Waals surface area contributed by atoms with Gasteiger partial charge in [0.2, 0.25) is 5.91 Å². The fraction of sp³-hybridized carbons (Fsp3) is 0.333. The number of esters is 1. The molecule has 0 saturated heterocycles. The van der Waals surface area contributed by atoms with E-state index in [1.807, 2.05) is 25.1 Å². The summed E-state index contributed by atoms with van der Waals surface area (Å²) in [6.45, 7) is 2.70. The third-order valence-electron chi connectivity index (χ3n) is 4.43. The molecule has 0 fully saturated rings. The molecule has 1 heterocycles. The molecule has 0 atom stereocenters. The number of rotatable bonds is 8. The minimum atomic E-state index is -0.719. The Morgan fingerprint density at radius 2 is 1.86 bits per heavy atom. The van der Waals surface area contributed by atoms with Crippen LogP contribution in [0.25, 0.3) is 0 Å². The van der Waals surface area contributed by atoms with E-state index in [0.29, 0.717) is 11.3 Å². The van der Waals surface area contributed by atoms with Gasteiger partial charge < -0.3 is 19.5 Å². The Morgan fingerprint density at radius 1 is 1.17 bits per heavy atom. The van der Waals surface area contributed by atoms with Gasteiger partial charge in [-0.2, -0.15) is 0 Å². The van der Waals surface area contributed by atoms with Crippen LogP contribution in [0.2, 0.25) is 0 Å². The smallest absolute Gasteiger partial charge is 0.355 e. The standard InChI is InChI=1S/C21H25N3O5/c1-5-15-8-6-7-9-17(15)22-19(26)12-24(4)20(27)13-29-21(28)18-10-16(14(2)25)11-23(18)3/h6-11H,5,12-13H2,1-4H3,(H,22,26). The van der Waals surface area contributed by atoms with Crippen molar-refractivity contribution < 1.29 is 23.9 Å². The second-order valence-corrected chi connectivity index (χ2v) is 6.67. The molecule has 29 heavy (non-hydrogen) atoms. The fourth-order valence-corrected chi connectivity index (χ4v) is 2.72. The van der Waals surface area contributed by atoms with Gasteiger partial charge in [-0.1, -0.05) is 25.1 Å². The quantitative estimate of drug-likeness (QED) is 0.541. The number of likely N-dealkylation sites (N-methyl/N-ethyl adjacent to an activating group) is 1. The monoisotopic (exact) mass is 399 g/mol. The van der Waals surface area contributed by atoms with Gasteiger partial charge in [0.15, 0.2) is 12.4 Å². The lowest BCUT2D eigenvalue weighted by molar-refractivity contribution is -0.136. The van der Waals surface area contributed by atoms with Crippen molar-refractivity contribution in [3.63, 3.8) is 0 Å². The van der Waals surface area contributed by atoms with Gasteiger partial charge in [0.1, 0.15) is 5.69 Å². The molecule has 0 spiro atoms. The number of aromatic nitrogens is 1. The highest BCUT2D eigenvalue weighted by atomic mass is 16.5. The number of nitrogens with one attached hydrogen (secondary N) is 1. The number of aryl methyl sites for hydroxylation is 2. The Hall–Kier alpha value is -3.42. The number of ketones is 1. The topological polar surface area (TPSA) is 97.7 Å². The summed E-state index contributed by atoms with van der Waals surface area (Å²) in [5, 5.41) is 2.78. The van der Waals surface area contributed by atoms with Gasteiger partial charge in [-0.15, -0.1) is 0 Å². The maximum Gasteiger partial charge on any atom is 0.355 e. The van der Waals surface area contributed by atoms with Crippen molar-refractivity contribution >= 4 is 29.3 Å². The minimum Gasteiger partial charge on any atom is -0.451 e. The molecule has 0 aliphatic carbocycles. The SMILES string of the molecule is CCc1ccccc1NC(=O)CN(C)C(=O)COC(=O)c1cc(C(C)=O)cn1C. The Labute approximate surface area is 169 Å². The maximum atomic E-state index is 12.2. The average Bonchev–Trinajstić information content (AvgIpc) is 3.08. The van der Waals surface area contributed by atoms with E-state index in [1.165, 1.54) is 35.7 Å². The first-order valence-electron chi connectivity index (χ1n) is 9.19. The summed E-state index contributed by atoms with van der Waals surface area (Å²) in [5.74, 6) is -1.76. The number of hydrogen-bond acceptors (Lipinski definition) is 5. The van der Waals surface area contributed by atoms with Gasteiger partial charge in [-0.3, -0.25) is 14.4 Å². The largest absolute Gasteiger partial charge is 0.451 e. The summed E-state index contributed by atoms with van der Waals surface area (Å²) in [7, 11) is 3.06. The van der Waals surface area contributed by atoms with Crippen molar-refractivity contribution in [3.05, 3.63) is 53.3 Å². The third kappa shape index (κ3) is 5.78. The summed E-state index contributed by atoms with van der Waals surface area (Å²) in [6, 6.07) is 8.85. The number of nitrogens with zero attached hydrogens (tertiary/aromatic N) is 2. The first-order chi connectivity index (χ1) is 13.7. The second-order valence-electron chi connectivity index (χ2n) is 6.67. The molecule has 8 nitrogen and oxygen atoms in total. The molecule has 2 aromatic rings. The lowest BCUT2D eigenvalue weighted by Gasteiger charge is -2.17. The summed E-state index contributed by atoms with van der Waals surface area (Å²) in [6.07, 6.45) is 2.29. The van der Waals surface area contributed by atoms with Crippen LogP contribution in [0.4, 0.5) is 5.69 Å². The van der Waals surface area contributed by atoms with E-state index in [4.69, 9.17) is 4.74 Å².